The average Bonchev–Trinajstić information content (AvgIpc) is 2.27. The number of nitrogens with zero attached hydrogens (tertiary/aromatic N) is 1. The highest BCUT2D eigenvalue weighted by Crippen LogP contribution is 2.09. The molecular formula is C14H20N2O. The summed E-state index contributed by atoms with van der Waals surface area (Å²) in [7, 11) is 0. The number of hydrogen-bond donors (Lipinski definition) is 1. The molecule has 0 saturated heterocycles. The van der Waals surface area contributed by atoms with Crippen molar-refractivity contribution in [1.82, 2.24) is 10.3 Å². The van der Waals surface area contributed by atoms with Crippen LogP contribution in [0, 0.1) is 11.8 Å². The quantitative estimate of drug-likeness (QED) is 0.809. The molecular weight excluding hydrogens is 212 g/mol. The van der Waals surface area contributed by atoms with Crippen molar-refractivity contribution in [3.8, 4) is 17.6 Å². The van der Waals surface area contributed by atoms with Crippen LogP contribution in [-0.2, 0) is 6.54 Å². The van der Waals surface area contributed by atoms with Gasteiger partial charge >= 0.3 is 0 Å². The number of rotatable bonds is 4. The minimum Gasteiger partial charge on any atom is -0.479 e. The highest BCUT2D eigenvalue weighted by molar-refractivity contribution is 5.20. The highest BCUT2D eigenvalue weighted by Gasteiger charge is 2.08. The van der Waals surface area contributed by atoms with Crippen LogP contribution in [-0.4, -0.2) is 17.1 Å². The Balaban J connectivity index is 2.46. The average molecular weight is 232 g/mol. The van der Waals surface area contributed by atoms with E-state index in [4.69, 9.17) is 4.74 Å². The summed E-state index contributed by atoms with van der Waals surface area (Å²) in [5, 5.41) is 3.38. The van der Waals surface area contributed by atoms with Crippen LogP contribution in [0.5, 0.6) is 5.75 Å². The van der Waals surface area contributed by atoms with E-state index in [2.05, 4.69) is 42.9 Å². The number of nitrogens with one attached hydrogen (secondary N) is 1. The summed E-state index contributed by atoms with van der Waals surface area (Å²) >= 11 is 0. The molecule has 0 saturated carbocycles. The third-order valence-corrected chi connectivity index (χ3v) is 2.09. The number of hydrogen-bond acceptors (Lipinski definition) is 3. The maximum atomic E-state index is 5.39. The van der Waals surface area contributed by atoms with Crippen LogP contribution in [0.15, 0.2) is 18.3 Å². The van der Waals surface area contributed by atoms with Gasteiger partial charge in [-0.1, -0.05) is 5.92 Å². The molecule has 0 aliphatic rings. The van der Waals surface area contributed by atoms with Crippen molar-refractivity contribution >= 4 is 0 Å². The lowest BCUT2D eigenvalue weighted by molar-refractivity contribution is 0.367. The van der Waals surface area contributed by atoms with Gasteiger partial charge in [0.2, 0.25) is 0 Å². The van der Waals surface area contributed by atoms with Crippen LogP contribution >= 0.6 is 0 Å². The smallest absolute Gasteiger partial charge is 0.149 e. The van der Waals surface area contributed by atoms with E-state index in [9.17, 15) is 0 Å². The second-order valence-electron chi connectivity index (χ2n) is 4.80. The van der Waals surface area contributed by atoms with Crippen LogP contribution in [0.2, 0.25) is 0 Å². The number of ether oxygens (including phenoxy) is 1. The lowest BCUT2D eigenvalue weighted by atomic mass is 10.1. The second kappa shape index (κ2) is 6.27. The van der Waals surface area contributed by atoms with Gasteiger partial charge in [0.05, 0.1) is 11.9 Å². The fourth-order valence-electron chi connectivity index (χ4n) is 1.15. The van der Waals surface area contributed by atoms with Gasteiger partial charge in [-0.15, -0.1) is 5.92 Å². The summed E-state index contributed by atoms with van der Waals surface area (Å²) in [5.41, 5.74) is 1.11. The van der Waals surface area contributed by atoms with Gasteiger partial charge in [0.15, 0.2) is 0 Å². The maximum Gasteiger partial charge on any atom is 0.149 e. The van der Waals surface area contributed by atoms with E-state index < -0.39 is 0 Å². The molecule has 0 spiro atoms. The lowest BCUT2D eigenvalue weighted by Crippen LogP contribution is -2.35. The molecule has 1 heterocycles. The first-order valence-electron chi connectivity index (χ1n) is 5.73. The predicted octanol–water partition coefficient (Wildman–Crippen LogP) is 2.37. The predicted molar refractivity (Wildman–Crippen MR) is 69.8 cm³/mol. The topological polar surface area (TPSA) is 34.1 Å². The Morgan fingerprint density at radius 1 is 1.35 bits per heavy atom. The number of pyridine rings is 1. The number of aromatic nitrogens is 1. The Morgan fingerprint density at radius 2 is 2.12 bits per heavy atom. The maximum absolute atomic E-state index is 5.39. The zero-order valence-corrected chi connectivity index (χ0v) is 11.0. The molecule has 0 unspecified atom stereocenters. The molecule has 17 heavy (non-hydrogen) atoms. The first-order chi connectivity index (χ1) is 8.01. The summed E-state index contributed by atoms with van der Waals surface area (Å²) in [6, 6.07) is 3.89. The van der Waals surface area contributed by atoms with Crippen LogP contribution in [0.1, 0.15) is 33.4 Å². The first-order valence-corrected chi connectivity index (χ1v) is 5.73. The molecule has 0 fully saturated rings. The van der Waals surface area contributed by atoms with E-state index in [-0.39, 0.29) is 5.54 Å². The Labute approximate surface area is 104 Å². The van der Waals surface area contributed by atoms with Gasteiger partial charge in [0.1, 0.15) is 12.4 Å². The van der Waals surface area contributed by atoms with Crippen LogP contribution in [0.25, 0.3) is 0 Å². The zero-order valence-electron chi connectivity index (χ0n) is 11.0. The molecule has 0 atom stereocenters. The molecule has 1 rings (SSSR count). The molecule has 1 aromatic rings. The fourth-order valence-corrected chi connectivity index (χ4v) is 1.15. The Morgan fingerprint density at radius 3 is 2.65 bits per heavy atom. The van der Waals surface area contributed by atoms with Gasteiger partial charge in [-0.2, -0.15) is 0 Å². The minimum atomic E-state index is 0.105. The Bertz CT molecular complexity index is 393. The summed E-state index contributed by atoms with van der Waals surface area (Å²) < 4.78 is 5.39. The molecule has 92 valence electrons. The molecule has 0 radical (unpaired) electrons. The van der Waals surface area contributed by atoms with Crippen molar-refractivity contribution in [2.75, 3.05) is 6.61 Å². The largest absolute Gasteiger partial charge is 0.479 e. The normalized spacial score (nSPS) is 10.6. The molecule has 0 amide bonds. The molecule has 0 aliphatic heterocycles. The van der Waals surface area contributed by atoms with E-state index >= 15 is 0 Å². The van der Waals surface area contributed by atoms with Crippen molar-refractivity contribution in [3.63, 3.8) is 0 Å². The van der Waals surface area contributed by atoms with Crippen molar-refractivity contribution in [1.29, 1.82) is 0 Å². The summed E-state index contributed by atoms with van der Waals surface area (Å²) in [6.45, 7) is 9.37. The first kappa shape index (κ1) is 13.5. The highest BCUT2D eigenvalue weighted by atomic mass is 16.5. The molecule has 0 aliphatic carbocycles. The van der Waals surface area contributed by atoms with Gasteiger partial charge in [0, 0.05) is 12.1 Å². The third kappa shape index (κ3) is 5.94. The minimum absolute atomic E-state index is 0.105. The van der Waals surface area contributed by atoms with Crippen molar-refractivity contribution in [3.05, 3.63) is 24.0 Å². The van der Waals surface area contributed by atoms with E-state index in [1.54, 1.807) is 13.1 Å². The monoisotopic (exact) mass is 232 g/mol. The zero-order chi connectivity index (χ0) is 12.7. The van der Waals surface area contributed by atoms with E-state index in [0.29, 0.717) is 6.61 Å². The van der Waals surface area contributed by atoms with Gasteiger partial charge < -0.3 is 10.1 Å². The second-order valence-corrected chi connectivity index (χ2v) is 4.80. The Kier molecular flexibility index (Phi) is 4.99. The van der Waals surface area contributed by atoms with E-state index in [0.717, 1.165) is 18.0 Å². The lowest BCUT2D eigenvalue weighted by Gasteiger charge is -2.20. The van der Waals surface area contributed by atoms with Gasteiger partial charge in [0.25, 0.3) is 0 Å². The molecule has 0 aromatic carbocycles. The van der Waals surface area contributed by atoms with Crippen LogP contribution in [0.4, 0.5) is 0 Å². The Hall–Kier alpha value is -1.53. The van der Waals surface area contributed by atoms with Gasteiger partial charge in [-0.25, -0.2) is 0 Å². The molecule has 1 aromatic heterocycles. The van der Waals surface area contributed by atoms with Crippen molar-refractivity contribution in [2.45, 2.75) is 39.8 Å². The van der Waals surface area contributed by atoms with Gasteiger partial charge in [-0.3, -0.25) is 4.98 Å². The molecule has 1 N–H and O–H groups in total. The van der Waals surface area contributed by atoms with Crippen LogP contribution in [0.3, 0.4) is 0 Å². The SMILES string of the molecule is CC#CCOc1ccc(CNC(C)(C)C)nc1. The van der Waals surface area contributed by atoms with Crippen LogP contribution < -0.4 is 10.1 Å². The summed E-state index contributed by atoms with van der Waals surface area (Å²) in [4.78, 5) is 4.32. The summed E-state index contributed by atoms with van der Waals surface area (Å²) in [5.74, 6) is 6.38. The molecule has 3 heteroatoms. The summed E-state index contributed by atoms with van der Waals surface area (Å²) in [6.07, 6.45) is 1.73. The van der Waals surface area contributed by atoms with Gasteiger partial charge in [-0.05, 0) is 39.8 Å². The third-order valence-electron chi connectivity index (χ3n) is 2.09. The fraction of sp³-hybridized carbons (Fsp3) is 0.500. The van der Waals surface area contributed by atoms with Crippen molar-refractivity contribution < 1.29 is 4.74 Å². The van der Waals surface area contributed by atoms with Crippen molar-refractivity contribution in [2.24, 2.45) is 0 Å². The van der Waals surface area contributed by atoms with E-state index in [1.807, 2.05) is 12.1 Å². The molecule has 0 bridgehead atoms. The van der Waals surface area contributed by atoms with E-state index in [1.165, 1.54) is 0 Å². The molecule has 3 nitrogen and oxygen atoms in total. The standard InChI is InChI=1S/C14H20N2O/c1-5-6-9-17-13-8-7-12(15-11-13)10-16-14(2,3)4/h7-8,11,16H,9-10H2,1-4H3.